The molecule has 2 aromatic carbocycles. The number of aliphatic carboxylic acids is 1. The quantitative estimate of drug-likeness (QED) is 0.0608. The Morgan fingerprint density at radius 2 is 1.21 bits per heavy atom. The molecule has 4 aromatic heterocycles. The third-order valence-electron chi connectivity index (χ3n) is 9.41. The van der Waals surface area contributed by atoms with Crippen LogP contribution in [0.1, 0.15) is 55.4 Å². The van der Waals surface area contributed by atoms with Gasteiger partial charge in [-0.2, -0.15) is 0 Å². The van der Waals surface area contributed by atoms with Crippen molar-refractivity contribution in [2.45, 2.75) is 38.9 Å². The van der Waals surface area contributed by atoms with Crippen LogP contribution in [-0.2, 0) is 22.4 Å². The van der Waals surface area contributed by atoms with Gasteiger partial charge in [0.1, 0.15) is 35.3 Å². The minimum absolute atomic E-state index is 0.00821. The van der Waals surface area contributed by atoms with Crippen molar-refractivity contribution in [1.82, 2.24) is 15.3 Å². The van der Waals surface area contributed by atoms with Crippen molar-refractivity contribution in [3.63, 3.8) is 0 Å². The number of nitrogen functional groups attached to an aromatic ring is 2. The van der Waals surface area contributed by atoms with Gasteiger partial charge in [0.25, 0.3) is 0 Å². The first kappa shape index (κ1) is 46.2. The second-order valence-electron chi connectivity index (χ2n) is 14.2. The van der Waals surface area contributed by atoms with E-state index in [1.54, 1.807) is 50.4 Å². The van der Waals surface area contributed by atoms with Crippen LogP contribution < -0.4 is 32.0 Å². The molecule has 1 amide bonds. The Hall–Kier alpha value is -6.36. The van der Waals surface area contributed by atoms with Gasteiger partial charge in [0, 0.05) is 64.8 Å². The lowest BCUT2D eigenvalue weighted by atomic mass is 10.1. The van der Waals surface area contributed by atoms with Crippen molar-refractivity contribution in [3.8, 4) is 32.4 Å². The molecule has 0 radical (unpaired) electrons. The second-order valence-corrected chi connectivity index (χ2v) is 17.2. The van der Waals surface area contributed by atoms with Crippen LogP contribution in [0.5, 0.6) is 11.5 Å². The summed E-state index contributed by atoms with van der Waals surface area (Å²) in [7, 11) is 0. The average Bonchev–Trinajstić information content (AvgIpc) is 4.09. The lowest BCUT2D eigenvalue weighted by Gasteiger charge is -2.11. The smallest absolute Gasteiger partial charge is 0.328 e. The first-order valence-electron chi connectivity index (χ1n) is 19.4. The number of Topliss-reactive ketones (excluding diaryl/α,β-unsaturated/α-hetero) is 2. The molecule has 6 aromatic rings. The molecule has 0 aliphatic carbocycles. The molecule has 2 aliphatic heterocycles. The Kier molecular flexibility index (Phi) is 15.5. The lowest BCUT2D eigenvalue weighted by molar-refractivity contribution is -0.131. The molecule has 2 atom stereocenters. The van der Waals surface area contributed by atoms with E-state index >= 15 is 0 Å². The minimum atomic E-state index is -0.980. The van der Waals surface area contributed by atoms with E-state index in [0.717, 1.165) is 60.7 Å². The Bertz CT molecular complexity index is 2700. The fourth-order valence-corrected chi connectivity index (χ4v) is 8.66. The molecule has 0 bridgehead atoms. The number of halogens is 2. The fourth-order valence-electron chi connectivity index (χ4n) is 6.31. The number of hydrogen-bond acceptors (Lipinski definition) is 13. The molecule has 13 nitrogen and oxygen atoms in total. The zero-order valence-corrected chi connectivity index (χ0v) is 37.1. The molecular formula is C46H42Cl2N6O7S2. The molecule has 8 N–H and O–H groups in total. The molecule has 0 spiro atoms. The molecule has 6 heterocycles. The average molecular weight is 926 g/mol. The summed E-state index contributed by atoms with van der Waals surface area (Å²) in [6.45, 7) is 3.97. The number of rotatable bonds is 11. The Labute approximate surface area is 381 Å². The molecular weight excluding hydrogens is 884 g/mol. The summed E-state index contributed by atoms with van der Waals surface area (Å²) in [5, 5.41) is 12.3. The predicted octanol–water partition coefficient (Wildman–Crippen LogP) is 8.68. The number of carboxylic acids is 1. The summed E-state index contributed by atoms with van der Waals surface area (Å²) < 4.78 is 11.7. The number of fused-ring (bicyclic) bond motifs is 2. The van der Waals surface area contributed by atoms with Crippen LogP contribution in [0.15, 0.2) is 97.3 Å². The van der Waals surface area contributed by atoms with Gasteiger partial charge in [-0.15, -0.1) is 22.7 Å². The SMILES string of the molecule is CC(=O)c1ccc(-c2cc(Cl)c3c(c2)CC(CN)O3)s1.CC(=O)c1ccc(-c2cc(Cl)c3c(c2)CC(CNC(=O)/C=C/c2ccc(N)nc2)O3)s1.Nc1ccc(/C=C/C(=O)O)cn1. The van der Waals surface area contributed by atoms with E-state index in [9.17, 15) is 19.2 Å². The van der Waals surface area contributed by atoms with Gasteiger partial charge in [-0.1, -0.05) is 23.2 Å². The van der Waals surface area contributed by atoms with Crippen LogP contribution >= 0.6 is 45.9 Å². The summed E-state index contributed by atoms with van der Waals surface area (Å²) in [4.78, 5) is 56.4. The monoisotopic (exact) mass is 924 g/mol. The molecule has 0 fully saturated rings. The first-order chi connectivity index (χ1) is 30.1. The predicted molar refractivity (Wildman–Crippen MR) is 251 cm³/mol. The molecule has 0 saturated heterocycles. The fraction of sp³-hybridized carbons (Fsp3) is 0.174. The Morgan fingerprint density at radius 1 is 0.730 bits per heavy atom. The highest BCUT2D eigenvalue weighted by molar-refractivity contribution is 7.17. The number of anilines is 2. The van der Waals surface area contributed by atoms with Gasteiger partial charge < -0.3 is 37.1 Å². The van der Waals surface area contributed by atoms with Crippen molar-refractivity contribution in [3.05, 3.63) is 139 Å². The highest BCUT2D eigenvalue weighted by Crippen LogP contribution is 2.42. The van der Waals surface area contributed by atoms with Gasteiger partial charge in [-0.25, -0.2) is 14.8 Å². The molecule has 2 unspecified atom stereocenters. The van der Waals surface area contributed by atoms with E-state index in [4.69, 9.17) is 55.0 Å². The van der Waals surface area contributed by atoms with Crippen LogP contribution in [0.2, 0.25) is 10.0 Å². The largest absolute Gasteiger partial charge is 0.487 e. The summed E-state index contributed by atoms with van der Waals surface area (Å²) in [6.07, 6.45) is 9.96. The van der Waals surface area contributed by atoms with E-state index < -0.39 is 5.97 Å². The van der Waals surface area contributed by atoms with Gasteiger partial charge in [0.15, 0.2) is 11.6 Å². The molecule has 0 saturated carbocycles. The Morgan fingerprint density at radius 3 is 1.63 bits per heavy atom. The van der Waals surface area contributed by atoms with E-state index in [1.807, 2.05) is 42.5 Å². The van der Waals surface area contributed by atoms with Crippen molar-refractivity contribution >= 4 is 93.1 Å². The van der Waals surface area contributed by atoms with Gasteiger partial charge in [0.2, 0.25) is 5.91 Å². The number of carbonyl (C=O) groups excluding carboxylic acids is 3. The maximum absolute atomic E-state index is 12.1. The first-order valence-corrected chi connectivity index (χ1v) is 21.7. The molecule has 2 aliphatic rings. The van der Waals surface area contributed by atoms with E-state index in [2.05, 4.69) is 21.4 Å². The number of nitrogens with zero attached hydrogens (tertiary/aromatic N) is 2. The number of benzene rings is 2. The number of pyridine rings is 2. The van der Waals surface area contributed by atoms with Crippen LogP contribution in [0.4, 0.5) is 11.6 Å². The van der Waals surface area contributed by atoms with Crippen molar-refractivity contribution in [1.29, 1.82) is 0 Å². The Balaban J connectivity index is 0.000000176. The second kappa shape index (κ2) is 21.1. The van der Waals surface area contributed by atoms with Gasteiger partial charge in [-0.3, -0.25) is 14.4 Å². The number of carbonyl (C=O) groups is 4. The molecule has 8 rings (SSSR count). The number of hydrogen-bond donors (Lipinski definition) is 5. The number of amides is 1. The molecule has 324 valence electrons. The number of aromatic nitrogens is 2. The van der Waals surface area contributed by atoms with Crippen LogP contribution in [0, 0.1) is 0 Å². The maximum atomic E-state index is 12.1. The highest BCUT2D eigenvalue weighted by Gasteiger charge is 2.27. The van der Waals surface area contributed by atoms with Crippen LogP contribution in [-0.4, -0.2) is 63.8 Å². The number of thiophene rings is 2. The molecule has 17 heteroatoms. The summed E-state index contributed by atoms with van der Waals surface area (Å²) in [5.41, 5.74) is 22.1. The van der Waals surface area contributed by atoms with Crippen molar-refractivity contribution < 1.29 is 33.8 Å². The topological polar surface area (TPSA) is 223 Å². The van der Waals surface area contributed by atoms with Gasteiger partial charge >= 0.3 is 5.97 Å². The number of ketones is 2. The number of ether oxygens (including phenoxy) is 2. The summed E-state index contributed by atoms with van der Waals surface area (Å²) >= 11 is 15.7. The maximum Gasteiger partial charge on any atom is 0.328 e. The van der Waals surface area contributed by atoms with Gasteiger partial charge in [-0.05, 0) is 121 Å². The molecule has 63 heavy (non-hydrogen) atoms. The standard InChI is InChI=1S/C23H20ClN3O3S.C15H14ClNO2S.C8H8N2O2/c1-13(28)19-4-5-20(31-19)15-8-16-9-17(30-23(16)18(24)10-15)12-27-22(29)7-3-14-2-6-21(25)26-11-14;1-8(18)13-2-3-14(20-13)9-4-10-5-11(7-17)19-15(10)12(16)6-9;9-7-3-1-6(5-10-7)2-4-8(11)12/h2-8,10-11,17H,9,12H2,1H3,(H2,25,26)(H,27,29);2-4,6,11H,5,7,17H2,1H3;1-5H,(H2,9,10)(H,11,12)/b7-3+;;4-2+. The number of carboxylic acid groups (broad SMARTS) is 1. The number of nitrogens with two attached hydrogens (primary N) is 3. The minimum Gasteiger partial charge on any atom is -0.487 e. The zero-order chi connectivity index (χ0) is 45.2. The van der Waals surface area contributed by atoms with Crippen LogP contribution in [0.3, 0.4) is 0 Å². The van der Waals surface area contributed by atoms with E-state index in [0.29, 0.717) is 57.4 Å². The summed E-state index contributed by atoms with van der Waals surface area (Å²) in [5.74, 6) is 1.17. The normalized spacial score (nSPS) is 14.7. The van der Waals surface area contributed by atoms with Crippen molar-refractivity contribution in [2.24, 2.45) is 5.73 Å². The third kappa shape index (κ3) is 12.6. The lowest BCUT2D eigenvalue weighted by Crippen LogP contribution is -2.33. The van der Waals surface area contributed by atoms with Crippen LogP contribution in [0.25, 0.3) is 33.0 Å². The number of nitrogens with one attached hydrogen (secondary N) is 1. The highest BCUT2D eigenvalue weighted by atomic mass is 35.5. The van der Waals surface area contributed by atoms with E-state index in [-0.39, 0.29) is 29.7 Å². The van der Waals surface area contributed by atoms with Gasteiger partial charge in [0.05, 0.1) is 26.3 Å². The van der Waals surface area contributed by atoms with Crippen molar-refractivity contribution in [2.75, 3.05) is 24.6 Å². The third-order valence-corrected chi connectivity index (χ3v) is 12.4. The van der Waals surface area contributed by atoms with E-state index in [1.165, 1.54) is 41.0 Å². The zero-order valence-electron chi connectivity index (χ0n) is 34.0. The summed E-state index contributed by atoms with van der Waals surface area (Å²) in [6, 6.07) is 22.2.